The molecular weight excluding hydrogens is 418 g/mol. The maximum Gasteiger partial charge on any atom is 0.241 e. The second kappa shape index (κ2) is 8.91. The molecule has 0 fully saturated rings. The molecule has 2 rings (SSSR count). The zero-order chi connectivity index (χ0) is 21.8. The summed E-state index contributed by atoms with van der Waals surface area (Å²) >= 11 is 0. The molecule has 9 nitrogen and oxygen atoms in total. The van der Waals surface area contributed by atoms with Crippen molar-refractivity contribution >= 4 is 26.0 Å². The SMILES string of the molecule is COc1ccc(S(=O)(=O)N[C@H](C)C(=O)NCc2ccc(S(N)(=O)=O)cc2)cc1C. The smallest absolute Gasteiger partial charge is 0.241 e. The molecule has 0 radical (unpaired) electrons. The van der Waals surface area contributed by atoms with Crippen LogP contribution in [-0.4, -0.2) is 35.9 Å². The van der Waals surface area contributed by atoms with Crippen molar-refractivity contribution in [2.45, 2.75) is 36.2 Å². The van der Waals surface area contributed by atoms with Crippen LogP contribution in [0, 0.1) is 6.92 Å². The Balaban J connectivity index is 2.00. The summed E-state index contributed by atoms with van der Waals surface area (Å²) in [5.74, 6) is 0.0255. The standard InChI is InChI=1S/C18H23N3O6S2/c1-12-10-16(8-9-17(12)27-3)29(25,26)21-13(2)18(22)20-11-14-4-6-15(7-5-14)28(19,23)24/h4-10,13,21H,11H2,1-3H3,(H,20,22)(H2,19,23,24)/t13-/m1/s1. The van der Waals surface area contributed by atoms with Crippen LogP contribution in [0.1, 0.15) is 18.1 Å². The van der Waals surface area contributed by atoms with Gasteiger partial charge in [-0.3, -0.25) is 4.79 Å². The van der Waals surface area contributed by atoms with Crippen LogP contribution < -0.4 is 19.9 Å². The Morgan fingerprint density at radius 3 is 2.17 bits per heavy atom. The van der Waals surface area contributed by atoms with Gasteiger partial charge in [0, 0.05) is 6.54 Å². The van der Waals surface area contributed by atoms with Gasteiger partial charge in [-0.2, -0.15) is 4.72 Å². The first-order chi connectivity index (χ1) is 13.4. The van der Waals surface area contributed by atoms with Crippen molar-refractivity contribution in [1.82, 2.24) is 10.0 Å². The van der Waals surface area contributed by atoms with E-state index in [4.69, 9.17) is 9.88 Å². The molecule has 0 aliphatic carbocycles. The quantitative estimate of drug-likeness (QED) is 0.548. The van der Waals surface area contributed by atoms with Gasteiger partial charge in [-0.05, 0) is 55.3 Å². The van der Waals surface area contributed by atoms with Crippen LogP contribution in [0.3, 0.4) is 0 Å². The van der Waals surface area contributed by atoms with E-state index >= 15 is 0 Å². The molecule has 0 aliphatic rings. The lowest BCUT2D eigenvalue weighted by Gasteiger charge is -2.15. The lowest BCUT2D eigenvalue weighted by molar-refractivity contribution is -0.122. The number of nitrogens with two attached hydrogens (primary N) is 1. The molecule has 0 saturated carbocycles. The van der Waals surface area contributed by atoms with Crippen LogP contribution in [0.25, 0.3) is 0 Å². The number of aryl methyl sites for hydroxylation is 1. The van der Waals surface area contributed by atoms with E-state index in [1.54, 1.807) is 13.0 Å². The van der Waals surface area contributed by atoms with Crippen molar-refractivity contribution in [3.63, 3.8) is 0 Å². The molecule has 0 aliphatic heterocycles. The molecular formula is C18H23N3O6S2. The molecule has 1 amide bonds. The second-order valence-corrected chi connectivity index (χ2v) is 9.66. The summed E-state index contributed by atoms with van der Waals surface area (Å²) in [5, 5.41) is 7.63. The summed E-state index contributed by atoms with van der Waals surface area (Å²) < 4.78 is 54.9. The number of sulfonamides is 2. The Morgan fingerprint density at radius 1 is 1.07 bits per heavy atom. The second-order valence-electron chi connectivity index (χ2n) is 6.38. The minimum Gasteiger partial charge on any atom is -0.496 e. The third-order valence-corrected chi connectivity index (χ3v) is 6.59. The number of ether oxygens (including phenoxy) is 1. The van der Waals surface area contributed by atoms with E-state index in [0.717, 1.165) is 0 Å². The van der Waals surface area contributed by atoms with Gasteiger partial charge in [-0.25, -0.2) is 22.0 Å². The van der Waals surface area contributed by atoms with Gasteiger partial charge in [-0.15, -0.1) is 0 Å². The molecule has 0 bridgehead atoms. The highest BCUT2D eigenvalue weighted by Gasteiger charge is 2.22. The van der Waals surface area contributed by atoms with Gasteiger partial charge in [-0.1, -0.05) is 12.1 Å². The Labute approximate surface area is 170 Å². The highest BCUT2D eigenvalue weighted by atomic mass is 32.2. The van der Waals surface area contributed by atoms with E-state index in [0.29, 0.717) is 16.9 Å². The van der Waals surface area contributed by atoms with Crippen molar-refractivity contribution in [2.75, 3.05) is 7.11 Å². The fraction of sp³-hybridized carbons (Fsp3) is 0.278. The van der Waals surface area contributed by atoms with Crippen LogP contribution in [0.15, 0.2) is 52.3 Å². The first kappa shape index (κ1) is 22.8. The average Bonchev–Trinajstić information content (AvgIpc) is 2.65. The lowest BCUT2D eigenvalue weighted by Crippen LogP contribution is -2.44. The zero-order valence-corrected chi connectivity index (χ0v) is 17.8. The predicted molar refractivity (Wildman–Crippen MR) is 107 cm³/mol. The summed E-state index contributed by atoms with van der Waals surface area (Å²) in [6.45, 7) is 3.24. The number of amides is 1. The first-order valence-electron chi connectivity index (χ1n) is 8.50. The van der Waals surface area contributed by atoms with Crippen LogP contribution in [0.4, 0.5) is 0 Å². The maximum atomic E-state index is 12.5. The topological polar surface area (TPSA) is 145 Å². The van der Waals surface area contributed by atoms with Gasteiger partial charge < -0.3 is 10.1 Å². The van der Waals surface area contributed by atoms with Gasteiger partial charge in [0.1, 0.15) is 5.75 Å². The van der Waals surface area contributed by atoms with E-state index in [1.807, 2.05) is 0 Å². The summed E-state index contributed by atoms with van der Waals surface area (Å²) in [7, 11) is -6.20. The van der Waals surface area contributed by atoms with Crippen molar-refractivity contribution in [3.8, 4) is 5.75 Å². The number of nitrogens with one attached hydrogen (secondary N) is 2. The van der Waals surface area contributed by atoms with E-state index < -0.39 is 32.0 Å². The highest BCUT2D eigenvalue weighted by Crippen LogP contribution is 2.21. The first-order valence-corrected chi connectivity index (χ1v) is 11.5. The van der Waals surface area contributed by atoms with E-state index in [1.165, 1.54) is 50.4 Å². The molecule has 0 unspecified atom stereocenters. The molecule has 0 aromatic heterocycles. The normalized spacial score (nSPS) is 13.0. The Bertz CT molecular complexity index is 1100. The number of primary sulfonamides is 1. The number of rotatable bonds is 8. The largest absolute Gasteiger partial charge is 0.496 e. The Hall–Kier alpha value is -2.47. The number of carbonyl (C=O) groups excluding carboxylic acids is 1. The third-order valence-electron chi connectivity index (χ3n) is 4.12. The molecule has 0 heterocycles. The van der Waals surface area contributed by atoms with Crippen LogP contribution in [-0.2, 0) is 31.4 Å². The number of hydrogen-bond acceptors (Lipinski definition) is 6. The number of carbonyl (C=O) groups is 1. The molecule has 2 aromatic rings. The molecule has 1 atom stereocenters. The molecule has 2 aromatic carbocycles. The van der Waals surface area contributed by atoms with E-state index in [9.17, 15) is 21.6 Å². The van der Waals surface area contributed by atoms with Crippen molar-refractivity contribution in [3.05, 3.63) is 53.6 Å². The Morgan fingerprint density at radius 2 is 1.66 bits per heavy atom. The van der Waals surface area contributed by atoms with Gasteiger partial charge in [0.05, 0.1) is 22.9 Å². The van der Waals surface area contributed by atoms with Gasteiger partial charge in [0.25, 0.3) is 0 Å². The summed E-state index contributed by atoms with van der Waals surface area (Å²) in [5.41, 5.74) is 1.28. The number of hydrogen-bond donors (Lipinski definition) is 3. The fourth-order valence-corrected chi connectivity index (χ4v) is 4.31. The van der Waals surface area contributed by atoms with E-state index in [-0.39, 0.29) is 16.3 Å². The zero-order valence-electron chi connectivity index (χ0n) is 16.2. The third kappa shape index (κ3) is 6.00. The summed E-state index contributed by atoms with van der Waals surface area (Å²) in [4.78, 5) is 12.2. The molecule has 0 saturated heterocycles. The van der Waals surface area contributed by atoms with Gasteiger partial charge in [0.15, 0.2) is 0 Å². The summed E-state index contributed by atoms with van der Waals surface area (Å²) in [6.07, 6.45) is 0. The lowest BCUT2D eigenvalue weighted by atomic mass is 10.2. The minimum absolute atomic E-state index is 0.0223. The Kier molecular flexibility index (Phi) is 7.01. The van der Waals surface area contributed by atoms with Gasteiger partial charge in [0.2, 0.25) is 26.0 Å². The fourth-order valence-electron chi connectivity index (χ4n) is 2.51. The van der Waals surface area contributed by atoms with Crippen LogP contribution in [0.5, 0.6) is 5.75 Å². The monoisotopic (exact) mass is 441 g/mol. The number of methoxy groups -OCH3 is 1. The average molecular weight is 442 g/mol. The van der Waals surface area contributed by atoms with E-state index in [2.05, 4.69) is 10.0 Å². The highest BCUT2D eigenvalue weighted by molar-refractivity contribution is 7.89. The van der Waals surface area contributed by atoms with Gasteiger partial charge >= 0.3 is 0 Å². The molecule has 4 N–H and O–H groups in total. The molecule has 29 heavy (non-hydrogen) atoms. The maximum absolute atomic E-state index is 12.5. The molecule has 11 heteroatoms. The summed E-state index contributed by atoms with van der Waals surface area (Å²) in [6, 6.07) is 9.05. The van der Waals surface area contributed by atoms with Crippen molar-refractivity contribution < 1.29 is 26.4 Å². The molecule has 158 valence electrons. The van der Waals surface area contributed by atoms with Crippen molar-refractivity contribution in [1.29, 1.82) is 0 Å². The minimum atomic E-state index is -3.90. The molecule has 0 spiro atoms. The van der Waals surface area contributed by atoms with Crippen LogP contribution in [0.2, 0.25) is 0 Å². The predicted octanol–water partition coefficient (Wildman–Crippen LogP) is 0.634. The number of benzene rings is 2. The van der Waals surface area contributed by atoms with Crippen LogP contribution >= 0.6 is 0 Å². The van der Waals surface area contributed by atoms with Crippen molar-refractivity contribution in [2.24, 2.45) is 5.14 Å².